The Morgan fingerprint density at radius 3 is 2.27 bits per heavy atom. The number of hydrogen-bond acceptors (Lipinski definition) is 3. The van der Waals surface area contributed by atoms with Crippen LogP contribution in [-0.4, -0.2) is 15.1 Å². The Morgan fingerprint density at radius 1 is 0.955 bits per heavy atom. The van der Waals surface area contributed by atoms with Crippen LogP contribution in [0.1, 0.15) is 11.1 Å². The summed E-state index contributed by atoms with van der Waals surface area (Å²) in [6.45, 7) is 0. The summed E-state index contributed by atoms with van der Waals surface area (Å²) in [5, 5.41) is 16.1. The summed E-state index contributed by atoms with van der Waals surface area (Å²) in [6, 6.07) is 15.8. The lowest BCUT2D eigenvalue weighted by molar-refractivity contribution is -0.384. The minimum atomic E-state index is -0.450. The quantitative estimate of drug-likeness (QED) is 0.572. The van der Waals surface area contributed by atoms with Crippen molar-refractivity contribution in [3.8, 4) is 11.3 Å². The molecule has 2 aromatic carbocycles. The summed E-state index contributed by atoms with van der Waals surface area (Å²) >= 11 is 0. The average molecular weight is 295 g/mol. The standard InChI is InChI=1S/C16H13N3O3/c20-16-14(10-11-4-2-1-3-5-11)15(17-18-16)12-6-8-13(9-7-12)19(21)22/h1-9H,10H2,(H2,17,18,20). The summed E-state index contributed by atoms with van der Waals surface area (Å²) < 4.78 is 0. The van der Waals surface area contributed by atoms with Crippen LogP contribution in [0.3, 0.4) is 0 Å². The maximum Gasteiger partial charge on any atom is 0.269 e. The Kier molecular flexibility index (Phi) is 3.57. The number of benzene rings is 2. The number of aromatic nitrogens is 2. The van der Waals surface area contributed by atoms with Crippen LogP contribution in [-0.2, 0) is 6.42 Å². The third-order valence-electron chi connectivity index (χ3n) is 3.47. The molecule has 0 aliphatic rings. The molecular formula is C16H13N3O3. The van der Waals surface area contributed by atoms with Crippen molar-refractivity contribution in [3.05, 3.63) is 86.2 Å². The SMILES string of the molecule is O=c1[nH][nH]c(-c2ccc([N+](=O)[O-])cc2)c1Cc1ccccc1. The fourth-order valence-electron chi connectivity index (χ4n) is 2.35. The predicted octanol–water partition coefficient (Wildman–Crippen LogP) is 2.87. The monoisotopic (exact) mass is 295 g/mol. The number of rotatable bonds is 4. The van der Waals surface area contributed by atoms with Crippen LogP contribution in [0.5, 0.6) is 0 Å². The van der Waals surface area contributed by atoms with Gasteiger partial charge in [-0.15, -0.1) is 0 Å². The Balaban J connectivity index is 1.98. The van der Waals surface area contributed by atoms with Crippen molar-refractivity contribution in [1.82, 2.24) is 10.2 Å². The molecule has 0 unspecified atom stereocenters. The highest BCUT2D eigenvalue weighted by atomic mass is 16.6. The number of nitrogens with one attached hydrogen (secondary N) is 2. The fourth-order valence-corrected chi connectivity index (χ4v) is 2.35. The van der Waals surface area contributed by atoms with E-state index < -0.39 is 4.92 Å². The molecule has 0 amide bonds. The number of H-pyrrole nitrogens is 2. The minimum Gasteiger partial charge on any atom is -0.297 e. The van der Waals surface area contributed by atoms with Crippen molar-refractivity contribution in [3.63, 3.8) is 0 Å². The third kappa shape index (κ3) is 2.67. The Bertz CT molecular complexity index is 848. The van der Waals surface area contributed by atoms with Crippen LogP contribution in [0, 0.1) is 10.1 Å². The highest BCUT2D eigenvalue weighted by Gasteiger charge is 2.13. The van der Waals surface area contributed by atoms with E-state index in [4.69, 9.17) is 0 Å². The van der Waals surface area contributed by atoms with Crippen LogP contribution < -0.4 is 5.56 Å². The van der Waals surface area contributed by atoms with Gasteiger partial charge in [0.15, 0.2) is 0 Å². The first kappa shape index (κ1) is 13.8. The zero-order valence-corrected chi connectivity index (χ0v) is 11.6. The van der Waals surface area contributed by atoms with Gasteiger partial charge in [-0.25, -0.2) is 0 Å². The van der Waals surface area contributed by atoms with Crippen molar-refractivity contribution < 1.29 is 4.92 Å². The van der Waals surface area contributed by atoms with Crippen LogP contribution in [0.2, 0.25) is 0 Å². The number of aromatic amines is 2. The van der Waals surface area contributed by atoms with Crippen molar-refractivity contribution in [2.75, 3.05) is 0 Å². The van der Waals surface area contributed by atoms with E-state index in [1.54, 1.807) is 12.1 Å². The van der Waals surface area contributed by atoms with E-state index in [9.17, 15) is 14.9 Å². The molecule has 6 heteroatoms. The van der Waals surface area contributed by atoms with Crippen molar-refractivity contribution >= 4 is 5.69 Å². The molecule has 2 N–H and O–H groups in total. The molecule has 6 nitrogen and oxygen atoms in total. The third-order valence-corrected chi connectivity index (χ3v) is 3.47. The maximum absolute atomic E-state index is 12.0. The summed E-state index contributed by atoms with van der Waals surface area (Å²) in [6.07, 6.45) is 0.492. The van der Waals surface area contributed by atoms with Crippen molar-refractivity contribution in [2.24, 2.45) is 0 Å². The molecule has 0 fully saturated rings. The lowest BCUT2D eigenvalue weighted by Gasteiger charge is -2.03. The first-order valence-electron chi connectivity index (χ1n) is 6.73. The molecule has 0 saturated carbocycles. The van der Waals surface area contributed by atoms with E-state index in [1.807, 2.05) is 30.3 Å². The van der Waals surface area contributed by atoms with Crippen LogP contribution in [0.25, 0.3) is 11.3 Å². The van der Waals surface area contributed by atoms with Gasteiger partial charge < -0.3 is 0 Å². The van der Waals surface area contributed by atoms with E-state index in [0.717, 1.165) is 11.1 Å². The van der Waals surface area contributed by atoms with E-state index in [1.165, 1.54) is 12.1 Å². The number of nitro benzene ring substituents is 1. The highest BCUT2D eigenvalue weighted by molar-refractivity contribution is 5.64. The molecule has 110 valence electrons. The maximum atomic E-state index is 12.0. The van der Waals surface area contributed by atoms with Crippen LogP contribution in [0.15, 0.2) is 59.4 Å². The zero-order valence-electron chi connectivity index (χ0n) is 11.6. The first-order chi connectivity index (χ1) is 10.6. The second kappa shape index (κ2) is 5.69. The summed E-state index contributed by atoms with van der Waals surface area (Å²) in [4.78, 5) is 22.3. The number of hydrogen-bond donors (Lipinski definition) is 2. The Hall–Kier alpha value is -3.15. The predicted molar refractivity (Wildman–Crippen MR) is 82.8 cm³/mol. The van der Waals surface area contributed by atoms with Crippen molar-refractivity contribution in [2.45, 2.75) is 6.42 Å². The average Bonchev–Trinajstić information content (AvgIpc) is 2.89. The van der Waals surface area contributed by atoms with Crippen LogP contribution in [0.4, 0.5) is 5.69 Å². The van der Waals surface area contributed by atoms with Gasteiger partial charge in [-0.1, -0.05) is 30.3 Å². The molecule has 0 radical (unpaired) electrons. The van der Waals surface area contributed by atoms with Gasteiger partial charge in [-0.05, 0) is 17.7 Å². The van der Waals surface area contributed by atoms with E-state index >= 15 is 0 Å². The van der Waals surface area contributed by atoms with E-state index in [0.29, 0.717) is 17.7 Å². The second-order valence-corrected chi connectivity index (χ2v) is 4.90. The van der Waals surface area contributed by atoms with Crippen molar-refractivity contribution in [1.29, 1.82) is 0 Å². The molecule has 0 saturated heterocycles. The summed E-state index contributed by atoms with van der Waals surface area (Å²) in [7, 11) is 0. The van der Waals surface area contributed by atoms with Gasteiger partial charge in [0, 0.05) is 29.7 Å². The normalized spacial score (nSPS) is 10.5. The molecule has 22 heavy (non-hydrogen) atoms. The van der Waals surface area contributed by atoms with Gasteiger partial charge in [0.05, 0.1) is 10.6 Å². The molecule has 3 rings (SSSR count). The van der Waals surface area contributed by atoms with Crippen LogP contribution >= 0.6 is 0 Å². The Labute approximate surface area is 125 Å². The minimum absolute atomic E-state index is 0.0197. The molecule has 0 bridgehead atoms. The summed E-state index contributed by atoms with van der Waals surface area (Å²) in [5.74, 6) is 0. The molecule has 1 aromatic heterocycles. The lowest BCUT2D eigenvalue weighted by atomic mass is 10.0. The lowest BCUT2D eigenvalue weighted by Crippen LogP contribution is -2.06. The second-order valence-electron chi connectivity index (χ2n) is 4.90. The molecular weight excluding hydrogens is 282 g/mol. The van der Waals surface area contributed by atoms with E-state index in [-0.39, 0.29) is 11.2 Å². The largest absolute Gasteiger partial charge is 0.297 e. The van der Waals surface area contributed by atoms with E-state index in [2.05, 4.69) is 10.2 Å². The molecule has 0 aliphatic heterocycles. The molecule has 0 spiro atoms. The van der Waals surface area contributed by atoms with Gasteiger partial charge in [0.25, 0.3) is 11.2 Å². The van der Waals surface area contributed by atoms with Gasteiger partial charge >= 0.3 is 0 Å². The van der Waals surface area contributed by atoms with Gasteiger partial charge in [0.1, 0.15) is 0 Å². The highest BCUT2D eigenvalue weighted by Crippen LogP contribution is 2.23. The smallest absolute Gasteiger partial charge is 0.269 e. The topological polar surface area (TPSA) is 91.8 Å². The van der Waals surface area contributed by atoms with Gasteiger partial charge in [-0.3, -0.25) is 25.1 Å². The Morgan fingerprint density at radius 2 is 1.64 bits per heavy atom. The molecule has 1 heterocycles. The van der Waals surface area contributed by atoms with Gasteiger partial charge in [-0.2, -0.15) is 0 Å². The zero-order chi connectivity index (χ0) is 15.5. The summed E-state index contributed by atoms with van der Waals surface area (Å²) in [5.41, 5.74) is 2.86. The van der Waals surface area contributed by atoms with Gasteiger partial charge in [0.2, 0.25) is 0 Å². The number of nitro groups is 1. The fraction of sp³-hybridized carbons (Fsp3) is 0.0625. The number of nitrogens with zero attached hydrogens (tertiary/aromatic N) is 1. The molecule has 0 atom stereocenters. The molecule has 0 aliphatic carbocycles. The first-order valence-corrected chi connectivity index (χ1v) is 6.73. The number of non-ortho nitro benzene ring substituents is 1. The molecule has 3 aromatic rings.